The highest BCUT2D eigenvalue weighted by Gasteiger charge is 2.36. The van der Waals surface area contributed by atoms with E-state index in [4.69, 9.17) is 9.47 Å². The van der Waals surface area contributed by atoms with Crippen molar-refractivity contribution < 1.29 is 14.3 Å². The molecule has 1 atom stereocenters. The summed E-state index contributed by atoms with van der Waals surface area (Å²) in [5, 5.41) is 0. The van der Waals surface area contributed by atoms with E-state index in [1.807, 2.05) is 41.3 Å². The van der Waals surface area contributed by atoms with Crippen LogP contribution in [0.2, 0.25) is 0 Å². The molecule has 0 N–H and O–H groups in total. The van der Waals surface area contributed by atoms with Gasteiger partial charge in [-0.15, -0.1) is 0 Å². The maximum atomic E-state index is 12.9. The Bertz CT molecular complexity index is 680. The molecule has 6 heteroatoms. The van der Waals surface area contributed by atoms with Crippen LogP contribution in [0.3, 0.4) is 0 Å². The Labute approximate surface area is 129 Å². The summed E-state index contributed by atoms with van der Waals surface area (Å²) >= 11 is 0. The first-order valence-electron chi connectivity index (χ1n) is 7.38. The van der Waals surface area contributed by atoms with E-state index in [9.17, 15) is 4.79 Å². The summed E-state index contributed by atoms with van der Waals surface area (Å²) < 4.78 is 13.0. The van der Waals surface area contributed by atoms with E-state index in [0.29, 0.717) is 25.4 Å². The minimum atomic E-state index is -0.389. The van der Waals surface area contributed by atoms with Crippen LogP contribution in [0.1, 0.15) is 24.3 Å². The first-order chi connectivity index (χ1) is 10.5. The standard InChI is InChI=1S/C16H21N3O3/c1-16(2)11-18(9-12(22-16)10-21-3)15(20)13-5-4-6-14-17-7-8-19(13)14/h4-8,12H,9-11H2,1-3H3/t12-/m1/s1. The second-order valence-corrected chi connectivity index (χ2v) is 6.21. The monoisotopic (exact) mass is 303 g/mol. The molecule has 1 saturated heterocycles. The van der Waals surface area contributed by atoms with Crippen molar-refractivity contribution in [1.29, 1.82) is 0 Å². The third kappa shape index (κ3) is 2.84. The average molecular weight is 303 g/mol. The fourth-order valence-corrected chi connectivity index (χ4v) is 3.01. The quantitative estimate of drug-likeness (QED) is 0.864. The molecule has 118 valence electrons. The summed E-state index contributed by atoms with van der Waals surface area (Å²) in [5.74, 6) is -0.0129. The second-order valence-electron chi connectivity index (χ2n) is 6.21. The predicted molar refractivity (Wildman–Crippen MR) is 81.9 cm³/mol. The van der Waals surface area contributed by atoms with Crippen LogP contribution < -0.4 is 0 Å². The molecule has 2 aromatic heterocycles. The maximum absolute atomic E-state index is 12.9. The van der Waals surface area contributed by atoms with Crippen LogP contribution in [-0.2, 0) is 9.47 Å². The number of rotatable bonds is 3. The Morgan fingerprint density at radius 3 is 3.09 bits per heavy atom. The number of aromatic nitrogens is 2. The molecule has 0 bridgehead atoms. The normalized spacial score (nSPS) is 21.2. The Kier molecular flexibility index (Phi) is 3.88. The largest absolute Gasteiger partial charge is 0.382 e. The molecule has 22 heavy (non-hydrogen) atoms. The molecule has 3 rings (SSSR count). The van der Waals surface area contributed by atoms with Crippen LogP contribution in [0.5, 0.6) is 0 Å². The van der Waals surface area contributed by atoms with Gasteiger partial charge in [-0.25, -0.2) is 4.98 Å². The van der Waals surface area contributed by atoms with Gasteiger partial charge in [0.15, 0.2) is 0 Å². The van der Waals surface area contributed by atoms with Gasteiger partial charge in [0.2, 0.25) is 0 Å². The summed E-state index contributed by atoms with van der Waals surface area (Å²) in [6, 6.07) is 5.56. The third-order valence-corrected chi connectivity index (χ3v) is 3.77. The molecule has 3 heterocycles. The zero-order valence-corrected chi connectivity index (χ0v) is 13.2. The number of carbonyl (C=O) groups is 1. The fraction of sp³-hybridized carbons (Fsp3) is 0.500. The van der Waals surface area contributed by atoms with Crippen molar-refractivity contribution in [2.75, 3.05) is 26.8 Å². The molecular weight excluding hydrogens is 282 g/mol. The van der Waals surface area contributed by atoms with Crippen molar-refractivity contribution >= 4 is 11.6 Å². The zero-order valence-electron chi connectivity index (χ0n) is 13.2. The number of pyridine rings is 1. The van der Waals surface area contributed by atoms with Gasteiger partial charge in [0.1, 0.15) is 11.3 Å². The van der Waals surface area contributed by atoms with Crippen molar-refractivity contribution in [2.24, 2.45) is 0 Å². The lowest BCUT2D eigenvalue weighted by atomic mass is 10.0. The average Bonchev–Trinajstić information content (AvgIpc) is 2.93. The van der Waals surface area contributed by atoms with Crippen LogP contribution >= 0.6 is 0 Å². The summed E-state index contributed by atoms with van der Waals surface area (Å²) in [6.07, 6.45) is 3.39. The lowest BCUT2D eigenvalue weighted by molar-refractivity contribution is -0.143. The molecular formula is C16H21N3O3. The smallest absolute Gasteiger partial charge is 0.271 e. The number of morpholine rings is 1. The first kappa shape index (κ1) is 15.0. The number of hydrogen-bond acceptors (Lipinski definition) is 4. The highest BCUT2D eigenvalue weighted by atomic mass is 16.5. The van der Waals surface area contributed by atoms with Gasteiger partial charge in [-0.3, -0.25) is 9.20 Å². The summed E-state index contributed by atoms with van der Waals surface area (Å²) in [6.45, 7) is 5.54. The molecule has 1 aliphatic heterocycles. The van der Waals surface area contributed by atoms with Crippen LogP contribution in [-0.4, -0.2) is 58.7 Å². The van der Waals surface area contributed by atoms with Gasteiger partial charge in [-0.2, -0.15) is 0 Å². The van der Waals surface area contributed by atoms with Gasteiger partial charge < -0.3 is 14.4 Å². The molecule has 0 radical (unpaired) electrons. The van der Waals surface area contributed by atoms with Crippen LogP contribution in [0.25, 0.3) is 5.65 Å². The van der Waals surface area contributed by atoms with Gasteiger partial charge in [-0.1, -0.05) is 6.07 Å². The Morgan fingerprint density at radius 1 is 1.50 bits per heavy atom. The molecule has 0 spiro atoms. The molecule has 0 unspecified atom stereocenters. The van der Waals surface area contributed by atoms with Gasteiger partial charge >= 0.3 is 0 Å². The lowest BCUT2D eigenvalue weighted by Gasteiger charge is -2.42. The highest BCUT2D eigenvalue weighted by Crippen LogP contribution is 2.23. The van der Waals surface area contributed by atoms with Gasteiger partial charge in [0.25, 0.3) is 5.91 Å². The summed E-state index contributed by atoms with van der Waals surface area (Å²) in [4.78, 5) is 19.0. The van der Waals surface area contributed by atoms with Crippen LogP contribution in [0, 0.1) is 0 Å². The summed E-state index contributed by atoms with van der Waals surface area (Å²) in [5.41, 5.74) is 0.996. The van der Waals surface area contributed by atoms with E-state index in [0.717, 1.165) is 5.65 Å². The molecule has 2 aromatic rings. The van der Waals surface area contributed by atoms with E-state index in [1.54, 1.807) is 19.5 Å². The lowest BCUT2D eigenvalue weighted by Crippen LogP contribution is -2.55. The number of fused-ring (bicyclic) bond motifs is 1. The Morgan fingerprint density at radius 2 is 2.32 bits per heavy atom. The van der Waals surface area contributed by atoms with Crippen molar-refractivity contribution in [3.8, 4) is 0 Å². The second kappa shape index (κ2) is 5.70. The van der Waals surface area contributed by atoms with Crippen molar-refractivity contribution in [2.45, 2.75) is 25.6 Å². The predicted octanol–water partition coefficient (Wildman–Crippen LogP) is 1.60. The number of ether oxygens (including phenoxy) is 2. The van der Waals surface area contributed by atoms with E-state index in [-0.39, 0.29) is 17.6 Å². The topological polar surface area (TPSA) is 56.1 Å². The molecule has 0 aliphatic carbocycles. The van der Waals surface area contributed by atoms with E-state index in [2.05, 4.69) is 4.98 Å². The number of hydrogen-bond donors (Lipinski definition) is 0. The molecule has 0 saturated carbocycles. The highest BCUT2D eigenvalue weighted by molar-refractivity contribution is 5.93. The zero-order chi connectivity index (χ0) is 15.7. The molecule has 1 amide bonds. The Hall–Kier alpha value is -1.92. The van der Waals surface area contributed by atoms with E-state index >= 15 is 0 Å². The molecule has 1 fully saturated rings. The SMILES string of the molecule is COC[C@H]1CN(C(=O)c2cccc3nccn23)CC(C)(C)O1. The van der Waals surface area contributed by atoms with Crippen molar-refractivity contribution in [3.63, 3.8) is 0 Å². The minimum absolute atomic E-state index is 0.0129. The number of nitrogens with zero attached hydrogens (tertiary/aromatic N) is 3. The number of carbonyl (C=O) groups excluding carboxylic acids is 1. The van der Waals surface area contributed by atoms with Gasteiger partial charge in [0, 0.05) is 32.6 Å². The van der Waals surface area contributed by atoms with Crippen molar-refractivity contribution in [3.05, 3.63) is 36.3 Å². The van der Waals surface area contributed by atoms with Gasteiger partial charge in [0.05, 0.1) is 18.3 Å². The van der Waals surface area contributed by atoms with Gasteiger partial charge in [-0.05, 0) is 26.0 Å². The van der Waals surface area contributed by atoms with Crippen molar-refractivity contribution in [1.82, 2.24) is 14.3 Å². The van der Waals surface area contributed by atoms with E-state index in [1.165, 1.54) is 0 Å². The first-order valence-corrected chi connectivity index (χ1v) is 7.38. The molecule has 6 nitrogen and oxygen atoms in total. The number of imidazole rings is 1. The number of methoxy groups -OCH3 is 1. The van der Waals surface area contributed by atoms with Crippen LogP contribution in [0.15, 0.2) is 30.6 Å². The summed E-state index contributed by atoms with van der Waals surface area (Å²) in [7, 11) is 1.64. The fourth-order valence-electron chi connectivity index (χ4n) is 3.01. The Balaban J connectivity index is 1.89. The van der Waals surface area contributed by atoms with E-state index < -0.39 is 0 Å². The van der Waals surface area contributed by atoms with Crippen LogP contribution in [0.4, 0.5) is 0 Å². The minimum Gasteiger partial charge on any atom is -0.382 e. The molecule has 1 aliphatic rings. The number of amides is 1. The third-order valence-electron chi connectivity index (χ3n) is 3.77. The molecule has 0 aromatic carbocycles. The maximum Gasteiger partial charge on any atom is 0.271 e.